The number of carbonyl (C=O) groups excluding carboxylic acids is 2. The van der Waals surface area contributed by atoms with E-state index in [0.29, 0.717) is 27.2 Å². The predicted molar refractivity (Wildman–Crippen MR) is 136 cm³/mol. The van der Waals surface area contributed by atoms with Gasteiger partial charge in [0.25, 0.3) is 17.5 Å². The Morgan fingerprint density at radius 1 is 1.00 bits per heavy atom. The fourth-order valence-electron chi connectivity index (χ4n) is 3.01. The Labute approximate surface area is 214 Å². The van der Waals surface area contributed by atoms with Crippen LogP contribution in [0.2, 0.25) is 5.02 Å². The molecule has 11 heteroatoms. The van der Waals surface area contributed by atoms with Crippen molar-refractivity contribution in [2.24, 2.45) is 0 Å². The SMILES string of the molecule is COc1ccc(NC(=O)C(=Cc2ccc([N+](=O)[O-])cc2)NC(=O)c2cc(Br)ccc2OC)cc1Cl. The van der Waals surface area contributed by atoms with Gasteiger partial charge in [0, 0.05) is 22.3 Å². The summed E-state index contributed by atoms with van der Waals surface area (Å²) in [5, 5.41) is 16.5. The molecule has 2 N–H and O–H groups in total. The van der Waals surface area contributed by atoms with E-state index < -0.39 is 16.7 Å². The van der Waals surface area contributed by atoms with Crippen molar-refractivity contribution in [2.75, 3.05) is 19.5 Å². The molecule has 0 heterocycles. The van der Waals surface area contributed by atoms with Crippen molar-refractivity contribution in [3.8, 4) is 11.5 Å². The molecule has 0 aliphatic carbocycles. The molecule has 0 aliphatic heterocycles. The van der Waals surface area contributed by atoms with E-state index in [4.69, 9.17) is 21.1 Å². The number of rotatable bonds is 8. The summed E-state index contributed by atoms with van der Waals surface area (Å²) in [6, 6.07) is 15.1. The summed E-state index contributed by atoms with van der Waals surface area (Å²) in [6.45, 7) is 0. The second-order valence-corrected chi connectivity index (χ2v) is 8.33. The van der Waals surface area contributed by atoms with Crippen LogP contribution in [0.1, 0.15) is 15.9 Å². The highest BCUT2D eigenvalue weighted by Gasteiger charge is 2.19. The van der Waals surface area contributed by atoms with Gasteiger partial charge in [0.2, 0.25) is 0 Å². The van der Waals surface area contributed by atoms with Crippen LogP contribution in [0.4, 0.5) is 11.4 Å². The topological polar surface area (TPSA) is 120 Å². The number of halogens is 2. The van der Waals surface area contributed by atoms with Crippen LogP contribution in [0.3, 0.4) is 0 Å². The summed E-state index contributed by atoms with van der Waals surface area (Å²) < 4.78 is 11.0. The van der Waals surface area contributed by atoms with Crippen molar-refractivity contribution in [2.45, 2.75) is 0 Å². The third-order valence-electron chi connectivity index (χ3n) is 4.72. The third kappa shape index (κ3) is 6.58. The highest BCUT2D eigenvalue weighted by Crippen LogP contribution is 2.28. The molecule has 0 radical (unpaired) electrons. The Hall–Kier alpha value is -3.89. The van der Waals surface area contributed by atoms with Gasteiger partial charge in [0.1, 0.15) is 17.2 Å². The van der Waals surface area contributed by atoms with Crippen LogP contribution in [0.25, 0.3) is 6.08 Å². The van der Waals surface area contributed by atoms with Gasteiger partial charge in [0.05, 0.1) is 29.7 Å². The number of non-ortho nitro benzene ring substituents is 1. The van der Waals surface area contributed by atoms with Gasteiger partial charge in [-0.1, -0.05) is 27.5 Å². The minimum Gasteiger partial charge on any atom is -0.496 e. The normalized spacial score (nSPS) is 10.9. The van der Waals surface area contributed by atoms with Crippen molar-refractivity contribution >= 4 is 56.8 Å². The Morgan fingerprint density at radius 2 is 1.66 bits per heavy atom. The van der Waals surface area contributed by atoms with E-state index in [0.717, 1.165) is 0 Å². The van der Waals surface area contributed by atoms with E-state index in [1.54, 1.807) is 30.3 Å². The number of carbonyl (C=O) groups is 2. The standard InChI is InChI=1S/C24H19BrClN3O6/c1-34-21-9-5-15(25)12-18(21)23(30)28-20(11-14-3-7-17(8-4-14)29(32)33)24(31)27-16-6-10-22(35-2)19(26)13-16/h3-13H,1-2H3,(H,27,31)(H,28,30). The second-order valence-electron chi connectivity index (χ2n) is 7.01. The second kappa shape index (κ2) is 11.5. The first-order valence-corrected chi connectivity index (χ1v) is 11.1. The third-order valence-corrected chi connectivity index (χ3v) is 5.51. The average Bonchev–Trinajstić information content (AvgIpc) is 2.84. The molecule has 3 aromatic carbocycles. The van der Waals surface area contributed by atoms with E-state index in [1.165, 1.54) is 50.6 Å². The first-order valence-electron chi connectivity index (χ1n) is 9.97. The molecule has 0 aliphatic rings. The molecular weight excluding hydrogens is 542 g/mol. The van der Waals surface area contributed by atoms with Gasteiger partial charge in [-0.3, -0.25) is 19.7 Å². The number of methoxy groups -OCH3 is 2. The van der Waals surface area contributed by atoms with E-state index in [-0.39, 0.29) is 22.0 Å². The summed E-state index contributed by atoms with van der Waals surface area (Å²) >= 11 is 9.46. The summed E-state index contributed by atoms with van der Waals surface area (Å²) in [5.41, 5.74) is 0.790. The van der Waals surface area contributed by atoms with Crippen LogP contribution in [0, 0.1) is 10.1 Å². The number of hydrogen-bond acceptors (Lipinski definition) is 6. The summed E-state index contributed by atoms with van der Waals surface area (Å²) in [7, 11) is 2.89. The molecule has 0 bridgehead atoms. The quantitative estimate of drug-likeness (QED) is 0.215. The monoisotopic (exact) mass is 559 g/mol. The molecule has 0 saturated carbocycles. The maximum atomic E-state index is 13.1. The van der Waals surface area contributed by atoms with Crippen molar-refractivity contribution in [3.63, 3.8) is 0 Å². The van der Waals surface area contributed by atoms with Gasteiger partial charge in [-0.05, 0) is 60.2 Å². The molecule has 35 heavy (non-hydrogen) atoms. The number of nitrogens with one attached hydrogen (secondary N) is 2. The summed E-state index contributed by atoms with van der Waals surface area (Å²) in [4.78, 5) is 36.6. The van der Waals surface area contributed by atoms with Crippen LogP contribution in [0.5, 0.6) is 11.5 Å². The number of hydrogen-bond donors (Lipinski definition) is 2. The van der Waals surface area contributed by atoms with Crippen molar-refractivity contribution in [1.29, 1.82) is 0 Å². The predicted octanol–water partition coefficient (Wildman–Crippen LogP) is 5.44. The van der Waals surface area contributed by atoms with Gasteiger partial charge >= 0.3 is 0 Å². The molecule has 0 saturated heterocycles. The molecule has 9 nitrogen and oxygen atoms in total. The smallest absolute Gasteiger partial charge is 0.272 e. The van der Waals surface area contributed by atoms with Crippen molar-refractivity contribution in [1.82, 2.24) is 5.32 Å². The summed E-state index contributed by atoms with van der Waals surface area (Å²) in [6.07, 6.45) is 1.40. The van der Waals surface area contributed by atoms with E-state index in [2.05, 4.69) is 26.6 Å². The fourth-order valence-corrected chi connectivity index (χ4v) is 3.63. The molecule has 180 valence electrons. The van der Waals surface area contributed by atoms with Gasteiger partial charge in [0.15, 0.2) is 0 Å². The lowest BCUT2D eigenvalue weighted by Gasteiger charge is -2.14. The van der Waals surface area contributed by atoms with Crippen molar-refractivity contribution < 1.29 is 24.0 Å². The minimum absolute atomic E-state index is 0.107. The van der Waals surface area contributed by atoms with Crippen LogP contribution < -0.4 is 20.1 Å². The van der Waals surface area contributed by atoms with E-state index >= 15 is 0 Å². The molecule has 3 aromatic rings. The number of amides is 2. The van der Waals surface area contributed by atoms with E-state index in [1.807, 2.05) is 0 Å². The zero-order valence-corrected chi connectivity index (χ0v) is 20.8. The summed E-state index contributed by atoms with van der Waals surface area (Å²) in [5.74, 6) is -0.504. The van der Waals surface area contributed by atoms with E-state index in [9.17, 15) is 19.7 Å². The lowest BCUT2D eigenvalue weighted by atomic mass is 10.1. The van der Waals surface area contributed by atoms with Gasteiger partial charge < -0.3 is 20.1 Å². The van der Waals surface area contributed by atoms with Gasteiger partial charge in [-0.15, -0.1) is 0 Å². The number of ether oxygens (including phenoxy) is 2. The molecule has 0 aromatic heterocycles. The number of nitro groups is 1. The number of anilines is 1. The number of nitro benzene ring substituents is 1. The first kappa shape index (κ1) is 25.7. The Morgan fingerprint density at radius 3 is 2.26 bits per heavy atom. The zero-order chi connectivity index (χ0) is 25.5. The molecule has 0 fully saturated rings. The maximum Gasteiger partial charge on any atom is 0.272 e. The van der Waals surface area contributed by atoms with Gasteiger partial charge in [-0.2, -0.15) is 0 Å². The molecule has 3 rings (SSSR count). The van der Waals surface area contributed by atoms with Gasteiger partial charge in [-0.25, -0.2) is 0 Å². The minimum atomic E-state index is -0.646. The van der Waals surface area contributed by atoms with Crippen LogP contribution in [0.15, 0.2) is 70.8 Å². The highest BCUT2D eigenvalue weighted by molar-refractivity contribution is 9.10. The molecule has 0 spiro atoms. The lowest BCUT2D eigenvalue weighted by Crippen LogP contribution is -2.31. The van der Waals surface area contributed by atoms with Crippen LogP contribution >= 0.6 is 27.5 Å². The first-order chi connectivity index (χ1) is 16.7. The molecule has 0 atom stereocenters. The van der Waals surface area contributed by atoms with Crippen LogP contribution in [-0.2, 0) is 4.79 Å². The largest absolute Gasteiger partial charge is 0.496 e. The highest BCUT2D eigenvalue weighted by atomic mass is 79.9. The van der Waals surface area contributed by atoms with Crippen molar-refractivity contribution in [3.05, 3.63) is 97.1 Å². The molecule has 2 amide bonds. The molecule has 0 unspecified atom stereocenters. The molecular formula is C24H19BrClN3O6. The zero-order valence-electron chi connectivity index (χ0n) is 18.5. The number of benzene rings is 3. The Bertz CT molecular complexity index is 1310. The fraction of sp³-hybridized carbons (Fsp3) is 0.0833. The Balaban J connectivity index is 1.95. The average molecular weight is 561 g/mol. The van der Waals surface area contributed by atoms with Crippen LogP contribution in [-0.4, -0.2) is 31.0 Å². The number of nitrogens with zero attached hydrogens (tertiary/aromatic N) is 1. The lowest BCUT2D eigenvalue weighted by molar-refractivity contribution is -0.384. The Kier molecular flexibility index (Phi) is 8.45. The maximum absolute atomic E-state index is 13.1.